The Hall–Kier alpha value is -3.28. The molecule has 0 saturated carbocycles. The van der Waals surface area contributed by atoms with Crippen LogP contribution in [0, 0.1) is 12.3 Å². The van der Waals surface area contributed by atoms with Crippen LogP contribution in [0.5, 0.6) is 5.75 Å². The monoisotopic (exact) mass is 497 g/mol. The normalized spacial score (nSPS) is 13.0. The molecule has 3 aromatic rings. The van der Waals surface area contributed by atoms with Gasteiger partial charge in [-0.3, -0.25) is 4.79 Å². The molecule has 2 aromatic heterocycles. The second-order valence-corrected chi connectivity index (χ2v) is 10.4. The maximum absolute atomic E-state index is 13.5. The van der Waals surface area contributed by atoms with Crippen LogP contribution in [-0.2, 0) is 6.18 Å². The number of aryl methyl sites for hydroxylation is 1. The van der Waals surface area contributed by atoms with E-state index in [-0.39, 0.29) is 28.8 Å². The first-order valence-electron chi connectivity index (χ1n) is 10.3. The van der Waals surface area contributed by atoms with Gasteiger partial charge >= 0.3 is 6.18 Å². The van der Waals surface area contributed by atoms with Crippen molar-refractivity contribution in [2.24, 2.45) is 5.41 Å². The number of benzene rings is 1. The van der Waals surface area contributed by atoms with Crippen LogP contribution >= 0.6 is 11.3 Å². The molecule has 8 nitrogen and oxygen atoms in total. The summed E-state index contributed by atoms with van der Waals surface area (Å²) < 4.78 is 45.3. The number of amides is 1. The van der Waals surface area contributed by atoms with Crippen molar-refractivity contribution < 1.29 is 27.7 Å². The first-order chi connectivity index (χ1) is 15.7. The van der Waals surface area contributed by atoms with Gasteiger partial charge in [0.05, 0.1) is 22.9 Å². The number of anilines is 3. The SMILES string of the molecule is Cc1ccc([C@H](Nc2nonc2Nc2ccc(C(F)(F)F)c(C(=O)N(C)C)c2O)C(C)(C)C)s1. The van der Waals surface area contributed by atoms with E-state index in [0.717, 1.165) is 26.8 Å². The Morgan fingerprint density at radius 3 is 2.29 bits per heavy atom. The lowest BCUT2D eigenvalue weighted by Crippen LogP contribution is -2.26. The van der Waals surface area contributed by atoms with Crippen molar-refractivity contribution in [1.82, 2.24) is 15.2 Å². The lowest BCUT2D eigenvalue weighted by molar-refractivity contribution is -0.138. The predicted molar refractivity (Wildman–Crippen MR) is 124 cm³/mol. The average molecular weight is 498 g/mol. The fraction of sp³-hybridized carbons (Fsp3) is 0.409. The van der Waals surface area contributed by atoms with Crippen molar-refractivity contribution >= 4 is 34.6 Å². The number of carbonyl (C=O) groups is 1. The van der Waals surface area contributed by atoms with Crippen LogP contribution in [0.1, 0.15) is 52.5 Å². The number of aromatic hydroxyl groups is 1. The molecule has 12 heteroatoms. The number of hydrogen-bond donors (Lipinski definition) is 3. The Bertz CT molecular complexity index is 1180. The number of phenolic OH excluding ortho intramolecular Hbond substituents is 1. The highest BCUT2D eigenvalue weighted by atomic mass is 32.1. The summed E-state index contributed by atoms with van der Waals surface area (Å²) in [5, 5.41) is 24.3. The van der Waals surface area contributed by atoms with Gasteiger partial charge in [0.1, 0.15) is 0 Å². The number of hydrogen-bond acceptors (Lipinski definition) is 8. The molecule has 184 valence electrons. The minimum absolute atomic E-state index is 0.0424. The van der Waals surface area contributed by atoms with Gasteiger partial charge < -0.3 is 20.6 Å². The van der Waals surface area contributed by atoms with E-state index in [1.165, 1.54) is 14.1 Å². The second-order valence-electron chi connectivity index (χ2n) is 9.06. The van der Waals surface area contributed by atoms with Crippen molar-refractivity contribution in [3.63, 3.8) is 0 Å². The van der Waals surface area contributed by atoms with Crippen molar-refractivity contribution in [3.05, 3.63) is 45.1 Å². The van der Waals surface area contributed by atoms with E-state index in [4.69, 9.17) is 4.63 Å². The average Bonchev–Trinajstić information content (AvgIpc) is 3.33. The molecule has 2 heterocycles. The van der Waals surface area contributed by atoms with Crippen LogP contribution in [0.25, 0.3) is 0 Å². The summed E-state index contributed by atoms with van der Waals surface area (Å²) >= 11 is 1.62. The van der Waals surface area contributed by atoms with Gasteiger partial charge in [0.25, 0.3) is 5.91 Å². The predicted octanol–water partition coefficient (Wildman–Crippen LogP) is 5.81. The molecule has 3 rings (SSSR count). The zero-order chi connectivity index (χ0) is 25.4. The van der Waals surface area contributed by atoms with Crippen LogP contribution in [0.4, 0.5) is 30.5 Å². The van der Waals surface area contributed by atoms with Crippen LogP contribution < -0.4 is 10.6 Å². The molecule has 1 aromatic carbocycles. The number of nitrogens with zero attached hydrogens (tertiary/aromatic N) is 3. The van der Waals surface area contributed by atoms with Gasteiger partial charge in [-0.1, -0.05) is 20.8 Å². The maximum Gasteiger partial charge on any atom is 0.417 e. The summed E-state index contributed by atoms with van der Waals surface area (Å²) in [4.78, 5) is 15.6. The second kappa shape index (κ2) is 9.16. The molecule has 34 heavy (non-hydrogen) atoms. The minimum Gasteiger partial charge on any atom is -0.505 e. The van der Waals surface area contributed by atoms with Gasteiger partial charge in [-0.2, -0.15) is 13.2 Å². The maximum atomic E-state index is 13.5. The molecule has 0 spiro atoms. The highest BCUT2D eigenvalue weighted by molar-refractivity contribution is 7.12. The van der Waals surface area contributed by atoms with Crippen molar-refractivity contribution in [2.45, 2.75) is 39.9 Å². The van der Waals surface area contributed by atoms with Gasteiger partial charge in [-0.25, -0.2) is 4.63 Å². The van der Waals surface area contributed by atoms with Crippen molar-refractivity contribution in [3.8, 4) is 5.75 Å². The van der Waals surface area contributed by atoms with E-state index in [2.05, 4.69) is 20.9 Å². The fourth-order valence-electron chi connectivity index (χ4n) is 3.32. The van der Waals surface area contributed by atoms with Crippen LogP contribution in [0.2, 0.25) is 0 Å². The number of alkyl halides is 3. The smallest absolute Gasteiger partial charge is 0.417 e. The molecule has 0 bridgehead atoms. The van der Waals surface area contributed by atoms with E-state index in [9.17, 15) is 23.1 Å². The molecule has 1 atom stereocenters. The Morgan fingerprint density at radius 1 is 1.12 bits per heavy atom. The van der Waals surface area contributed by atoms with E-state index < -0.39 is 29.0 Å². The summed E-state index contributed by atoms with van der Waals surface area (Å²) in [5.74, 6) is -1.61. The quantitative estimate of drug-likeness (QED) is 0.369. The molecule has 3 N–H and O–H groups in total. The number of phenols is 1. The zero-order valence-corrected chi connectivity index (χ0v) is 20.4. The summed E-state index contributed by atoms with van der Waals surface area (Å²) in [6, 6.07) is 5.57. The summed E-state index contributed by atoms with van der Waals surface area (Å²) in [6.07, 6.45) is -4.84. The van der Waals surface area contributed by atoms with Crippen LogP contribution in [-0.4, -0.2) is 40.3 Å². The minimum atomic E-state index is -4.84. The first-order valence-corrected chi connectivity index (χ1v) is 11.1. The molecule has 1 amide bonds. The van der Waals surface area contributed by atoms with E-state index >= 15 is 0 Å². The summed E-state index contributed by atoms with van der Waals surface area (Å²) in [5.41, 5.74) is -2.51. The highest BCUT2D eigenvalue weighted by Crippen LogP contribution is 2.43. The first kappa shape index (κ1) is 25.3. The number of nitrogens with one attached hydrogen (secondary N) is 2. The molecular formula is C22H26F3N5O3S. The Morgan fingerprint density at radius 2 is 1.76 bits per heavy atom. The third-order valence-electron chi connectivity index (χ3n) is 5.04. The molecule has 0 radical (unpaired) electrons. The van der Waals surface area contributed by atoms with Gasteiger partial charge in [-0.05, 0) is 46.9 Å². The third kappa shape index (κ3) is 5.27. The fourth-order valence-corrected chi connectivity index (χ4v) is 4.50. The van der Waals surface area contributed by atoms with Crippen LogP contribution in [0.3, 0.4) is 0 Å². The van der Waals surface area contributed by atoms with Crippen molar-refractivity contribution in [1.29, 1.82) is 0 Å². The Labute approximate surface area is 198 Å². The number of rotatable bonds is 6. The van der Waals surface area contributed by atoms with Gasteiger partial charge in [0.15, 0.2) is 5.75 Å². The molecule has 0 unspecified atom stereocenters. The molecule has 0 aliphatic rings. The Kier molecular flexibility index (Phi) is 6.83. The van der Waals surface area contributed by atoms with Crippen LogP contribution in [0.15, 0.2) is 28.9 Å². The van der Waals surface area contributed by atoms with E-state index in [1.807, 2.05) is 39.8 Å². The summed E-state index contributed by atoms with van der Waals surface area (Å²) in [7, 11) is 2.59. The van der Waals surface area contributed by atoms with Gasteiger partial charge in [0, 0.05) is 23.8 Å². The third-order valence-corrected chi connectivity index (χ3v) is 6.10. The highest BCUT2D eigenvalue weighted by Gasteiger charge is 2.38. The van der Waals surface area contributed by atoms with E-state index in [0.29, 0.717) is 0 Å². The zero-order valence-electron chi connectivity index (χ0n) is 19.5. The summed E-state index contributed by atoms with van der Waals surface area (Å²) in [6.45, 7) is 8.13. The number of halogens is 3. The van der Waals surface area contributed by atoms with Gasteiger partial charge in [0.2, 0.25) is 11.6 Å². The molecule has 0 aliphatic carbocycles. The topological polar surface area (TPSA) is 104 Å². The van der Waals surface area contributed by atoms with E-state index in [1.54, 1.807) is 11.3 Å². The largest absolute Gasteiger partial charge is 0.505 e. The Balaban J connectivity index is 1.99. The lowest BCUT2D eigenvalue weighted by Gasteiger charge is -2.30. The van der Waals surface area contributed by atoms with Gasteiger partial charge in [-0.15, -0.1) is 11.3 Å². The molecule has 0 aliphatic heterocycles. The number of aromatic nitrogens is 2. The standard InChI is InChI=1S/C22H26F3N5O3S/c1-11-7-10-14(34-11)17(21(2,3)4)27-19-18(28-33-29-19)26-13-9-8-12(22(23,24)25)15(16(13)31)20(32)30(5)6/h7-10,17,31H,1-6H3,(H,26,28)(H,27,29)/t17-/m0/s1. The lowest BCUT2D eigenvalue weighted by atomic mass is 9.86. The molecule has 0 saturated heterocycles. The molecule has 0 fully saturated rings. The molecular weight excluding hydrogens is 471 g/mol. The number of carbonyl (C=O) groups excluding carboxylic acids is 1. The number of thiophene rings is 1. The van der Waals surface area contributed by atoms with Crippen molar-refractivity contribution in [2.75, 3.05) is 24.7 Å².